The van der Waals surface area contributed by atoms with Crippen molar-refractivity contribution in [3.8, 4) is 0 Å². The van der Waals surface area contributed by atoms with E-state index in [1.165, 1.54) is 24.1 Å². The lowest BCUT2D eigenvalue weighted by Crippen LogP contribution is -2.24. The van der Waals surface area contributed by atoms with Crippen LogP contribution in [-0.4, -0.2) is 19.9 Å². The van der Waals surface area contributed by atoms with Crippen molar-refractivity contribution in [3.05, 3.63) is 63.7 Å². The summed E-state index contributed by atoms with van der Waals surface area (Å²) in [6.45, 7) is 1.16. The Balaban J connectivity index is 0.000000207. The Hall–Kier alpha value is -2.22. The van der Waals surface area contributed by atoms with Crippen LogP contribution in [0.4, 0.5) is 32.0 Å². The second kappa shape index (κ2) is 8.43. The molecule has 9 heteroatoms. The summed E-state index contributed by atoms with van der Waals surface area (Å²) >= 11 is 5.91. The van der Waals surface area contributed by atoms with E-state index in [1.807, 2.05) is 6.07 Å². The molecule has 1 heterocycles. The van der Waals surface area contributed by atoms with Gasteiger partial charge in [-0.3, -0.25) is 4.79 Å². The number of benzene rings is 2. The molecule has 0 unspecified atom stereocenters. The van der Waals surface area contributed by atoms with Gasteiger partial charge in [-0.15, -0.1) is 0 Å². The lowest BCUT2D eigenvalue weighted by molar-refractivity contribution is -0.143. The molecule has 3 rings (SSSR count). The van der Waals surface area contributed by atoms with Gasteiger partial charge in [-0.05, 0) is 54.8 Å². The summed E-state index contributed by atoms with van der Waals surface area (Å²) < 4.78 is 73.1. The second-order valence-corrected chi connectivity index (χ2v) is 6.69. The van der Waals surface area contributed by atoms with Crippen molar-refractivity contribution in [2.45, 2.75) is 25.2 Å². The SMILES string of the molecule is CN1CCCc2cc(Cl)ccc21.O=Cc1cc(C(F)(F)F)cc(C(F)(F)F)c1. The topological polar surface area (TPSA) is 20.3 Å². The van der Waals surface area contributed by atoms with Crippen molar-refractivity contribution in [3.63, 3.8) is 0 Å². The number of aryl methyl sites for hydroxylation is 1. The van der Waals surface area contributed by atoms with E-state index in [0.29, 0.717) is 12.1 Å². The van der Waals surface area contributed by atoms with Gasteiger partial charge in [0.2, 0.25) is 0 Å². The summed E-state index contributed by atoms with van der Waals surface area (Å²) in [5.41, 5.74) is -0.932. The Labute approximate surface area is 162 Å². The van der Waals surface area contributed by atoms with Crippen LogP contribution in [0.15, 0.2) is 36.4 Å². The largest absolute Gasteiger partial charge is 0.416 e. The molecule has 0 N–H and O–H groups in total. The summed E-state index contributed by atoms with van der Waals surface area (Å²) in [6.07, 6.45) is -7.49. The number of hydrogen-bond donors (Lipinski definition) is 0. The van der Waals surface area contributed by atoms with E-state index in [-0.39, 0.29) is 12.4 Å². The number of carbonyl (C=O) groups excluding carboxylic acids is 1. The average molecular weight is 424 g/mol. The fraction of sp³-hybridized carbons (Fsp3) is 0.316. The predicted octanol–water partition coefficient (Wildman–Crippen LogP) is 6.26. The van der Waals surface area contributed by atoms with Gasteiger partial charge < -0.3 is 4.90 Å². The number of fused-ring (bicyclic) bond motifs is 1. The molecular weight excluding hydrogens is 408 g/mol. The average Bonchev–Trinajstić information content (AvgIpc) is 2.60. The molecule has 0 radical (unpaired) electrons. The van der Waals surface area contributed by atoms with Crippen LogP contribution in [0, 0.1) is 0 Å². The molecule has 0 fully saturated rings. The number of carbonyl (C=O) groups is 1. The van der Waals surface area contributed by atoms with Crippen molar-refractivity contribution < 1.29 is 31.1 Å². The van der Waals surface area contributed by atoms with E-state index in [4.69, 9.17) is 11.6 Å². The first-order valence-electron chi connectivity index (χ1n) is 8.16. The predicted molar refractivity (Wildman–Crippen MR) is 94.9 cm³/mol. The Kier molecular flexibility index (Phi) is 6.64. The number of aldehydes is 1. The number of nitrogens with zero attached hydrogens (tertiary/aromatic N) is 1. The fourth-order valence-electron chi connectivity index (χ4n) is 2.80. The first-order chi connectivity index (χ1) is 12.9. The van der Waals surface area contributed by atoms with Crippen molar-refractivity contribution >= 4 is 23.6 Å². The number of alkyl halides is 6. The summed E-state index contributed by atoms with van der Waals surface area (Å²) in [7, 11) is 2.13. The van der Waals surface area contributed by atoms with Crippen molar-refractivity contribution in [1.82, 2.24) is 0 Å². The van der Waals surface area contributed by atoms with Gasteiger partial charge in [0, 0.05) is 29.9 Å². The standard InChI is InChI=1S/C10H12ClN.C9H4F6O/c1-12-6-2-3-8-7-9(11)4-5-10(8)12;10-8(11,12)6-1-5(4-16)2-7(3-6)9(13,14)15/h4-5,7H,2-3,6H2,1H3;1-4H. The van der Waals surface area contributed by atoms with Gasteiger partial charge in [0.1, 0.15) is 6.29 Å². The minimum atomic E-state index is -4.92. The normalized spacial score (nSPS) is 14.1. The van der Waals surface area contributed by atoms with E-state index in [1.54, 1.807) is 0 Å². The zero-order valence-electron chi connectivity index (χ0n) is 14.7. The lowest BCUT2D eigenvalue weighted by atomic mass is 10.0. The van der Waals surface area contributed by atoms with Crippen LogP contribution in [0.1, 0.15) is 33.5 Å². The van der Waals surface area contributed by atoms with Gasteiger partial charge in [-0.1, -0.05) is 11.6 Å². The van der Waals surface area contributed by atoms with E-state index in [0.717, 1.165) is 11.6 Å². The molecule has 2 aromatic rings. The molecule has 0 atom stereocenters. The summed E-state index contributed by atoms with van der Waals surface area (Å²) in [5, 5.41) is 0.851. The molecule has 0 bridgehead atoms. The molecule has 0 amide bonds. The molecule has 0 saturated heterocycles. The zero-order chi connectivity index (χ0) is 21.1. The van der Waals surface area contributed by atoms with Crippen molar-refractivity contribution in [2.75, 3.05) is 18.5 Å². The van der Waals surface area contributed by atoms with Crippen LogP contribution >= 0.6 is 11.6 Å². The van der Waals surface area contributed by atoms with Gasteiger partial charge >= 0.3 is 12.4 Å². The van der Waals surface area contributed by atoms with Gasteiger partial charge in [0.25, 0.3) is 0 Å². The van der Waals surface area contributed by atoms with E-state index in [2.05, 4.69) is 24.1 Å². The third kappa shape index (κ3) is 5.64. The molecule has 2 nitrogen and oxygen atoms in total. The molecule has 152 valence electrons. The molecule has 0 aliphatic carbocycles. The van der Waals surface area contributed by atoms with Crippen LogP contribution in [0.2, 0.25) is 5.02 Å². The fourth-order valence-corrected chi connectivity index (χ4v) is 3.00. The summed E-state index contributed by atoms with van der Waals surface area (Å²) in [4.78, 5) is 12.5. The smallest absolute Gasteiger partial charge is 0.374 e. The van der Waals surface area contributed by atoms with E-state index in [9.17, 15) is 31.1 Å². The van der Waals surface area contributed by atoms with Crippen LogP contribution in [0.25, 0.3) is 0 Å². The minimum absolute atomic E-state index is 0.0347. The highest BCUT2D eigenvalue weighted by molar-refractivity contribution is 6.30. The van der Waals surface area contributed by atoms with Crippen molar-refractivity contribution in [2.24, 2.45) is 0 Å². The number of rotatable bonds is 1. The molecular formula is C19H16ClF6NO. The maximum atomic E-state index is 12.2. The van der Waals surface area contributed by atoms with E-state index < -0.39 is 29.0 Å². The number of anilines is 1. The van der Waals surface area contributed by atoms with Crippen LogP contribution < -0.4 is 4.90 Å². The molecule has 2 aromatic carbocycles. The minimum Gasteiger partial charge on any atom is -0.374 e. The summed E-state index contributed by atoms with van der Waals surface area (Å²) in [6, 6.07) is 6.84. The molecule has 0 saturated carbocycles. The molecule has 28 heavy (non-hydrogen) atoms. The monoisotopic (exact) mass is 423 g/mol. The Morgan fingerprint density at radius 1 is 0.964 bits per heavy atom. The molecule has 0 spiro atoms. The maximum absolute atomic E-state index is 12.2. The Bertz CT molecular complexity index is 815. The maximum Gasteiger partial charge on any atom is 0.416 e. The quantitative estimate of drug-likeness (QED) is 0.398. The second-order valence-electron chi connectivity index (χ2n) is 6.26. The Morgan fingerprint density at radius 2 is 1.54 bits per heavy atom. The number of hydrogen-bond acceptors (Lipinski definition) is 2. The van der Waals surface area contributed by atoms with Crippen LogP contribution in [-0.2, 0) is 18.8 Å². The first-order valence-corrected chi connectivity index (χ1v) is 8.54. The summed E-state index contributed by atoms with van der Waals surface area (Å²) in [5.74, 6) is 0. The highest BCUT2D eigenvalue weighted by Crippen LogP contribution is 2.36. The highest BCUT2D eigenvalue weighted by Gasteiger charge is 2.36. The Morgan fingerprint density at radius 3 is 2.04 bits per heavy atom. The number of halogens is 7. The zero-order valence-corrected chi connectivity index (χ0v) is 15.4. The molecule has 1 aliphatic heterocycles. The van der Waals surface area contributed by atoms with Gasteiger partial charge in [0.05, 0.1) is 11.1 Å². The third-order valence-electron chi connectivity index (χ3n) is 4.14. The van der Waals surface area contributed by atoms with Gasteiger partial charge in [0.15, 0.2) is 0 Å². The lowest BCUT2D eigenvalue weighted by Gasteiger charge is -2.27. The van der Waals surface area contributed by atoms with Crippen molar-refractivity contribution in [1.29, 1.82) is 0 Å². The van der Waals surface area contributed by atoms with Crippen LogP contribution in [0.3, 0.4) is 0 Å². The first kappa shape index (κ1) is 22.1. The highest BCUT2D eigenvalue weighted by atomic mass is 35.5. The third-order valence-corrected chi connectivity index (χ3v) is 4.37. The van der Waals surface area contributed by atoms with Gasteiger partial charge in [-0.2, -0.15) is 26.3 Å². The molecule has 0 aromatic heterocycles. The van der Waals surface area contributed by atoms with E-state index >= 15 is 0 Å². The molecule has 1 aliphatic rings. The van der Waals surface area contributed by atoms with Crippen LogP contribution in [0.5, 0.6) is 0 Å². The van der Waals surface area contributed by atoms with Gasteiger partial charge in [-0.25, -0.2) is 0 Å².